The van der Waals surface area contributed by atoms with Crippen molar-refractivity contribution in [2.45, 2.75) is 48.0 Å². The maximum absolute atomic E-state index is 10.5. The van der Waals surface area contributed by atoms with E-state index in [1.807, 2.05) is 0 Å². The van der Waals surface area contributed by atoms with Crippen LogP contribution in [0.5, 0.6) is 0 Å². The molecule has 0 aromatic carbocycles. The molecule has 0 amide bonds. The molecule has 0 spiro atoms. The second-order valence-electron chi connectivity index (χ2n) is 5.70. The molecule has 136 valence electrons. The van der Waals surface area contributed by atoms with E-state index in [4.69, 9.17) is 15.6 Å². The Hall–Kier alpha value is -1.78. The second kappa shape index (κ2) is 7.63. The van der Waals surface area contributed by atoms with Crippen molar-refractivity contribution >= 4 is 37.9 Å². The van der Waals surface area contributed by atoms with E-state index in [0.29, 0.717) is 22.9 Å². The Balaban J connectivity index is 1.65. The standard InChI is InChI=1S/C14H19N5O5Se/c15-12-9-13(17-5-16-12)19(6-18-9)14-11(23)10(22)7(24-14)4-25-3-1-2-8(20)21/h5-7,10-11,14,22-23H,1-4H2,(H,20,21)(H2,15,16,17)/t7-,10-,11-,14-/m1/s1. The minimum absolute atomic E-state index is 0.124. The first-order valence-corrected chi connectivity index (χ1v) is 10.2. The number of carbonyl (C=O) groups is 1. The van der Waals surface area contributed by atoms with Crippen LogP contribution >= 0.6 is 0 Å². The Morgan fingerprint density at radius 3 is 2.88 bits per heavy atom. The molecule has 0 aliphatic carbocycles. The Bertz CT molecular complexity index is 756. The normalized spacial score (nSPS) is 26.3. The van der Waals surface area contributed by atoms with Crippen molar-refractivity contribution in [3.63, 3.8) is 0 Å². The van der Waals surface area contributed by atoms with Gasteiger partial charge in [0.1, 0.15) is 0 Å². The number of aliphatic hydroxyl groups is 2. The Kier molecular flexibility index (Phi) is 5.50. The zero-order valence-corrected chi connectivity index (χ0v) is 14.9. The third-order valence-electron chi connectivity index (χ3n) is 3.96. The van der Waals surface area contributed by atoms with Crippen LogP contribution in [0.25, 0.3) is 11.2 Å². The van der Waals surface area contributed by atoms with E-state index in [2.05, 4.69) is 15.0 Å². The van der Waals surface area contributed by atoms with Gasteiger partial charge in [0.15, 0.2) is 0 Å². The molecule has 3 rings (SSSR count). The summed E-state index contributed by atoms with van der Waals surface area (Å²) in [6.07, 6.45) is 0.0373. The predicted molar refractivity (Wildman–Crippen MR) is 87.9 cm³/mol. The number of aromatic nitrogens is 4. The number of carboxylic acid groups (broad SMARTS) is 1. The first-order chi connectivity index (χ1) is 12.0. The summed E-state index contributed by atoms with van der Waals surface area (Å²) in [4.78, 5) is 22.6. The van der Waals surface area contributed by atoms with Crippen LogP contribution in [0.1, 0.15) is 19.1 Å². The third kappa shape index (κ3) is 3.75. The van der Waals surface area contributed by atoms with Crippen molar-refractivity contribution < 1.29 is 24.9 Å². The van der Waals surface area contributed by atoms with Crippen LogP contribution in [0.2, 0.25) is 10.6 Å². The molecule has 2 aromatic rings. The van der Waals surface area contributed by atoms with Crippen LogP contribution in [0.4, 0.5) is 5.82 Å². The van der Waals surface area contributed by atoms with Gasteiger partial charge in [-0.05, 0) is 0 Å². The molecule has 0 bridgehead atoms. The Labute approximate surface area is 149 Å². The van der Waals surface area contributed by atoms with Gasteiger partial charge in [0.05, 0.1) is 0 Å². The number of hydrogen-bond acceptors (Lipinski definition) is 8. The number of anilines is 1. The number of carboxylic acids is 1. The van der Waals surface area contributed by atoms with Crippen molar-refractivity contribution in [2.75, 3.05) is 5.73 Å². The molecule has 2 aromatic heterocycles. The number of nitrogens with two attached hydrogens (primary N) is 1. The third-order valence-corrected chi connectivity index (χ3v) is 6.36. The number of rotatable bonds is 7. The first-order valence-electron chi connectivity index (χ1n) is 7.73. The molecular weight excluding hydrogens is 397 g/mol. The van der Waals surface area contributed by atoms with Gasteiger partial charge >= 0.3 is 149 Å². The molecule has 4 atom stereocenters. The van der Waals surface area contributed by atoms with Gasteiger partial charge in [-0.2, -0.15) is 0 Å². The first kappa shape index (κ1) is 18.0. The van der Waals surface area contributed by atoms with Crippen LogP contribution in [0, 0.1) is 0 Å². The van der Waals surface area contributed by atoms with E-state index < -0.39 is 30.5 Å². The van der Waals surface area contributed by atoms with Gasteiger partial charge in [-0.15, -0.1) is 0 Å². The molecule has 1 saturated heterocycles. The molecule has 0 unspecified atom stereocenters. The molecule has 11 heteroatoms. The van der Waals surface area contributed by atoms with E-state index in [1.165, 1.54) is 12.7 Å². The van der Waals surface area contributed by atoms with Crippen molar-refractivity contribution in [3.05, 3.63) is 12.7 Å². The van der Waals surface area contributed by atoms with Crippen LogP contribution in [-0.2, 0) is 9.53 Å². The molecule has 0 radical (unpaired) electrons. The molecule has 1 fully saturated rings. The predicted octanol–water partition coefficient (Wildman–Crippen LogP) is -0.567. The van der Waals surface area contributed by atoms with Gasteiger partial charge < -0.3 is 0 Å². The zero-order valence-electron chi connectivity index (χ0n) is 13.2. The summed E-state index contributed by atoms with van der Waals surface area (Å²) in [6, 6.07) is 0. The van der Waals surface area contributed by atoms with Crippen molar-refractivity contribution in [3.8, 4) is 0 Å². The summed E-state index contributed by atoms with van der Waals surface area (Å²) < 4.78 is 7.37. The molecule has 5 N–H and O–H groups in total. The quantitative estimate of drug-likeness (QED) is 0.343. The average Bonchev–Trinajstić information content (AvgIpc) is 3.11. The summed E-state index contributed by atoms with van der Waals surface area (Å²) in [5, 5.41) is 30.6. The number of nitrogens with zero attached hydrogens (tertiary/aromatic N) is 4. The molecule has 0 saturated carbocycles. The zero-order chi connectivity index (χ0) is 18.0. The molecule has 1 aliphatic rings. The van der Waals surface area contributed by atoms with Crippen LogP contribution in [-0.4, -0.2) is 74.1 Å². The van der Waals surface area contributed by atoms with Crippen molar-refractivity contribution in [2.24, 2.45) is 0 Å². The number of imidazole rings is 1. The number of hydrogen-bond donors (Lipinski definition) is 4. The molecular formula is C14H19N5O5Se. The number of fused-ring (bicyclic) bond motifs is 1. The summed E-state index contributed by atoms with van der Waals surface area (Å²) >= 11 is 0.124. The van der Waals surface area contributed by atoms with E-state index in [9.17, 15) is 15.0 Å². The summed E-state index contributed by atoms with van der Waals surface area (Å²) in [5.41, 5.74) is 6.59. The number of aliphatic hydroxyl groups excluding tert-OH is 2. The van der Waals surface area contributed by atoms with Crippen LogP contribution in [0.3, 0.4) is 0 Å². The summed E-state index contributed by atoms with van der Waals surface area (Å²) in [6.45, 7) is 0. The fourth-order valence-corrected chi connectivity index (χ4v) is 4.82. The van der Waals surface area contributed by atoms with Crippen LogP contribution < -0.4 is 5.73 Å². The minimum atomic E-state index is -1.12. The van der Waals surface area contributed by atoms with E-state index in [1.54, 1.807) is 4.57 Å². The van der Waals surface area contributed by atoms with Crippen molar-refractivity contribution in [1.82, 2.24) is 19.5 Å². The number of aliphatic carboxylic acids is 1. The number of nitrogen functional groups attached to an aromatic ring is 1. The monoisotopic (exact) mass is 417 g/mol. The van der Waals surface area contributed by atoms with Gasteiger partial charge in [-0.25, -0.2) is 0 Å². The van der Waals surface area contributed by atoms with Gasteiger partial charge in [-0.3, -0.25) is 0 Å². The van der Waals surface area contributed by atoms with Crippen molar-refractivity contribution in [1.29, 1.82) is 0 Å². The van der Waals surface area contributed by atoms with E-state index >= 15 is 0 Å². The second-order valence-corrected chi connectivity index (χ2v) is 8.11. The fourth-order valence-electron chi connectivity index (χ4n) is 2.68. The summed E-state index contributed by atoms with van der Waals surface area (Å²) in [7, 11) is 0. The molecule has 25 heavy (non-hydrogen) atoms. The van der Waals surface area contributed by atoms with E-state index in [-0.39, 0.29) is 27.2 Å². The summed E-state index contributed by atoms with van der Waals surface area (Å²) in [5.74, 6) is -0.577. The number of ether oxygens (including phenoxy) is 1. The van der Waals surface area contributed by atoms with Gasteiger partial charge in [0, 0.05) is 0 Å². The molecule has 1 aliphatic heterocycles. The van der Waals surface area contributed by atoms with Crippen LogP contribution in [0.15, 0.2) is 12.7 Å². The SMILES string of the molecule is Nc1ncnc2c1ncn2[C@@H]1O[C@H](C[Se]CCCC(=O)O)[C@@H](O)[C@H]1O. The van der Waals surface area contributed by atoms with Gasteiger partial charge in [-0.1, -0.05) is 0 Å². The van der Waals surface area contributed by atoms with Gasteiger partial charge in [0.25, 0.3) is 0 Å². The average molecular weight is 416 g/mol. The molecule has 10 nitrogen and oxygen atoms in total. The van der Waals surface area contributed by atoms with Gasteiger partial charge in [0.2, 0.25) is 0 Å². The maximum atomic E-state index is 10.5. The molecule has 3 heterocycles. The fraction of sp³-hybridized carbons (Fsp3) is 0.571. The topological polar surface area (TPSA) is 157 Å². The Morgan fingerprint density at radius 2 is 2.12 bits per heavy atom. The Morgan fingerprint density at radius 1 is 1.32 bits per heavy atom. The van der Waals surface area contributed by atoms with E-state index in [0.717, 1.165) is 5.32 Å².